The summed E-state index contributed by atoms with van der Waals surface area (Å²) in [4.78, 5) is 57.3. The second-order valence-electron chi connectivity index (χ2n) is 12.3. The highest BCUT2D eigenvalue weighted by molar-refractivity contribution is 8.76. The lowest BCUT2D eigenvalue weighted by Gasteiger charge is -2.21. The summed E-state index contributed by atoms with van der Waals surface area (Å²) in [5.74, 6) is 13.4. The van der Waals surface area contributed by atoms with E-state index in [1.807, 2.05) is 70.1 Å². The number of carbonyl (C=O) groups is 4. The average Bonchev–Trinajstić information content (AvgIpc) is 3.34. The van der Waals surface area contributed by atoms with Gasteiger partial charge in [-0.3, -0.25) is 29.1 Å². The monoisotopic (exact) mass is 739 g/mol. The maximum Gasteiger partial charge on any atom is 0.253 e. The van der Waals surface area contributed by atoms with E-state index in [1.165, 1.54) is 17.8 Å². The Labute approximate surface area is 317 Å². The number of nitrogens with zero attached hydrogens (tertiary/aromatic N) is 3. The van der Waals surface area contributed by atoms with E-state index in [-0.39, 0.29) is 31.8 Å². The Bertz CT molecular complexity index is 2060. The van der Waals surface area contributed by atoms with E-state index in [2.05, 4.69) is 68.5 Å². The highest BCUT2D eigenvalue weighted by Gasteiger charge is 2.26. The van der Waals surface area contributed by atoms with Crippen molar-refractivity contribution in [2.75, 3.05) is 36.0 Å². The molecular formula is C42H37N5O4S2. The number of nitrogens with one attached hydrogen (secondary N) is 2. The number of anilines is 1. The van der Waals surface area contributed by atoms with Gasteiger partial charge in [-0.25, -0.2) is 0 Å². The Kier molecular flexibility index (Phi) is 13.0. The van der Waals surface area contributed by atoms with Crippen LogP contribution in [0.15, 0.2) is 109 Å². The largest absolute Gasteiger partial charge is 0.370 e. The lowest BCUT2D eigenvalue weighted by atomic mass is 10.0. The van der Waals surface area contributed by atoms with Crippen LogP contribution < -0.4 is 15.5 Å². The number of amides is 4. The van der Waals surface area contributed by atoms with E-state index in [1.54, 1.807) is 24.5 Å². The number of imide groups is 1. The molecule has 11 heteroatoms. The molecule has 9 nitrogen and oxygen atoms in total. The highest BCUT2D eigenvalue weighted by atomic mass is 33.1. The molecular weight excluding hydrogens is 703 g/mol. The molecule has 1 aromatic heterocycles. The van der Waals surface area contributed by atoms with E-state index < -0.39 is 23.8 Å². The van der Waals surface area contributed by atoms with Gasteiger partial charge in [0, 0.05) is 103 Å². The summed E-state index contributed by atoms with van der Waals surface area (Å²) < 4.78 is 0. The van der Waals surface area contributed by atoms with E-state index in [4.69, 9.17) is 0 Å². The number of aromatic nitrogens is 1. The van der Waals surface area contributed by atoms with Crippen molar-refractivity contribution >= 4 is 50.9 Å². The predicted molar refractivity (Wildman–Crippen MR) is 211 cm³/mol. The fraction of sp³-hybridized carbons (Fsp3) is 0.214. The zero-order valence-electron chi connectivity index (χ0n) is 28.9. The number of carbonyl (C=O) groups excluding carboxylic acids is 4. The summed E-state index contributed by atoms with van der Waals surface area (Å²) in [6.07, 6.45) is 5.73. The van der Waals surface area contributed by atoms with Crippen LogP contribution in [0.3, 0.4) is 0 Å². The Morgan fingerprint density at radius 2 is 1.21 bits per heavy atom. The number of hydrogen-bond donors (Lipinski definition) is 2. The Balaban J connectivity index is 1.04. The van der Waals surface area contributed by atoms with E-state index in [0.717, 1.165) is 62.9 Å². The van der Waals surface area contributed by atoms with Gasteiger partial charge in [-0.05, 0) is 83.9 Å². The molecule has 6 rings (SSSR count). The SMILES string of the molecule is O=C(CCN1C(=O)C=CC1=O)NC(Cc1ccc(C#Cc2ccc(C#Cc3ccc(N4CCSSCC4)cc3)cc2)cc1)C(=O)NCc1ccncc1. The summed E-state index contributed by atoms with van der Waals surface area (Å²) in [6.45, 7) is 2.33. The molecule has 3 heterocycles. The minimum Gasteiger partial charge on any atom is -0.370 e. The van der Waals surface area contributed by atoms with Crippen LogP contribution in [0, 0.1) is 23.7 Å². The highest BCUT2D eigenvalue weighted by Crippen LogP contribution is 2.26. The molecule has 266 valence electrons. The molecule has 4 aromatic rings. The summed E-state index contributed by atoms with van der Waals surface area (Å²) in [5.41, 5.74) is 6.48. The van der Waals surface area contributed by atoms with Crippen molar-refractivity contribution < 1.29 is 19.2 Å². The Morgan fingerprint density at radius 3 is 1.75 bits per heavy atom. The smallest absolute Gasteiger partial charge is 0.253 e. The molecule has 0 spiro atoms. The lowest BCUT2D eigenvalue weighted by Crippen LogP contribution is -2.48. The van der Waals surface area contributed by atoms with Crippen molar-refractivity contribution in [2.24, 2.45) is 0 Å². The van der Waals surface area contributed by atoms with Crippen LogP contribution in [-0.2, 0) is 32.1 Å². The minimum atomic E-state index is -0.881. The molecule has 1 atom stereocenters. The van der Waals surface area contributed by atoms with Crippen LogP contribution in [0.1, 0.15) is 39.8 Å². The second kappa shape index (κ2) is 18.7. The molecule has 0 radical (unpaired) electrons. The summed E-state index contributed by atoms with van der Waals surface area (Å²) in [7, 11) is 3.88. The van der Waals surface area contributed by atoms with E-state index >= 15 is 0 Å². The standard InChI is InChI=1S/C42H37N5O4S2/c48-39(21-24-47-40(49)17-18-41(47)50)45-38(42(51)44-30-36-19-22-43-23-20-36)29-35-11-9-33(10-12-35)6-5-31-1-3-32(4-2-31)7-8-34-13-15-37(16-14-34)46-25-27-52-53-28-26-46/h1-4,9-20,22-23,38H,21,24-30H2,(H,44,51)(H,45,48). The third kappa shape index (κ3) is 11.1. The number of benzene rings is 3. The molecule has 1 unspecified atom stereocenters. The second-order valence-corrected chi connectivity index (χ2v) is 15.0. The zero-order chi connectivity index (χ0) is 36.8. The molecule has 0 saturated carbocycles. The average molecular weight is 740 g/mol. The van der Waals surface area contributed by atoms with Gasteiger partial charge in [-0.2, -0.15) is 0 Å². The van der Waals surface area contributed by atoms with Crippen LogP contribution >= 0.6 is 21.6 Å². The van der Waals surface area contributed by atoms with Crippen LogP contribution in [-0.4, -0.2) is 70.7 Å². The van der Waals surface area contributed by atoms with Gasteiger partial charge in [0.15, 0.2) is 0 Å². The van der Waals surface area contributed by atoms with Crippen molar-refractivity contribution in [3.8, 4) is 23.7 Å². The molecule has 53 heavy (non-hydrogen) atoms. The van der Waals surface area contributed by atoms with Gasteiger partial charge < -0.3 is 15.5 Å². The molecule has 2 aliphatic heterocycles. The first-order chi connectivity index (χ1) is 25.9. The van der Waals surface area contributed by atoms with Gasteiger partial charge in [-0.1, -0.05) is 57.4 Å². The fourth-order valence-electron chi connectivity index (χ4n) is 5.58. The topological polar surface area (TPSA) is 112 Å². The van der Waals surface area contributed by atoms with Gasteiger partial charge in [0.1, 0.15) is 6.04 Å². The van der Waals surface area contributed by atoms with Crippen molar-refractivity contribution in [2.45, 2.75) is 25.4 Å². The van der Waals surface area contributed by atoms with Crippen molar-refractivity contribution in [1.29, 1.82) is 0 Å². The summed E-state index contributed by atoms with van der Waals surface area (Å²) >= 11 is 0. The molecule has 0 aliphatic carbocycles. The molecule has 1 saturated heterocycles. The van der Waals surface area contributed by atoms with Crippen molar-refractivity contribution in [3.63, 3.8) is 0 Å². The maximum absolute atomic E-state index is 13.3. The Hall–Kier alpha value is -5.75. The van der Waals surface area contributed by atoms with Gasteiger partial charge >= 0.3 is 0 Å². The molecule has 1 fully saturated rings. The molecule has 2 aliphatic rings. The van der Waals surface area contributed by atoms with Crippen LogP contribution in [0.25, 0.3) is 0 Å². The summed E-state index contributed by atoms with van der Waals surface area (Å²) in [6, 6.07) is 26.5. The first kappa shape index (κ1) is 37.0. The number of hydrogen-bond acceptors (Lipinski definition) is 8. The lowest BCUT2D eigenvalue weighted by molar-refractivity contribution is -0.137. The third-order valence-corrected chi connectivity index (χ3v) is 10.9. The first-order valence-corrected chi connectivity index (χ1v) is 19.7. The van der Waals surface area contributed by atoms with Gasteiger partial charge in [0.05, 0.1) is 0 Å². The molecule has 0 bridgehead atoms. The van der Waals surface area contributed by atoms with E-state index in [9.17, 15) is 19.2 Å². The normalized spacial score (nSPS) is 14.3. The fourth-order valence-corrected chi connectivity index (χ4v) is 7.56. The molecule has 3 aromatic carbocycles. The van der Waals surface area contributed by atoms with Gasteiger partial charge in [-0.15, -0.1) is 0 Å². The molecule has 4 amide bonds. The maximum atomic E-state index is 13.3. The van der Waals surface area contributed by atoms with Gasteiger partial charge in [0.2, 0.25) is 11.8 Å². The number of rotatable bonds is 10. The minimum absolute atomic E-state index is 0.0716. The first-order valence-electron chi connectivity index (χ1n) is 17.2. The van der Waals surface area contributed by atoms with E-state index in [0.29, 0.717) is 0 Å². The zero-order valence-corrected chi connectivity index (χ0v) is 30.6. The summed E-state index contributed by atoms with van der Waals surface area (Å²) in [5, 5.41) is 5.66. The third-order valence-electron chi connectivity index (χ3n) is 8.52. The van der Waals surface area contributed by atoms with Crippen molar-refractivity contribution in [1.82, 2.24) is 20.5 Å². The Morgan fingerprint density at radius 1 is 0.698 bits per heavy atom. The quantitative estimate of drug-likeness (QED) is 0.136. The van der Waals surface area contributed by atoms with Crippen LogP contribution in [0.2, 0.25) is 0 Å². The van der Waals surface area contributed by atoms with Crippen molar-refractivity contribution in [3.05, 3.63) is 143 Å². The van der Waals surface area contributed by atoms with Crippen LogP contribution in [0.5, 0.6) is 0 Å². The number of pyridine rings is 1. The molecule has 2 N–H and O–H groups in total. The van der Waals surface area contributed by atoms with Gasteiger partial charge in [0.25, 0.3) is 11.8 Å². The van der Waals surface area contributed by atoms with Crippen LogP contribution in [0.4, 0.5) is 5.69 Å². The predicted octanol–water partition coefficient (Wildman–Crippen LogP) is 4.74.